The average Bonchev–Trinajstić information content (AvgIpc) is 3.35. The van der Waals surface area contributed by atoms with Crippen molar-refractivity contribution in [2.45, 2.75) is 57.0 Å². The summed E-state index contributed by atoms with van der Waals surface area (Å²) in [7, 11) is 0. The molecule has 0 bridgehead atoms. The number of nitrogens with two attached hydrogens (primary N) is 1. The van der Waals surface area contributed by atoms with Crippen LogP contribution in [-0.2, 0) is 14.3 Å². The number of benzene rings is 1. The highest BCUT2D eigenvalue weighted by Gasteiger charge is 2.44. The lowest BCUT2D eigenvalue weighted by Gasteiger charge is -2.39. The summed E-state index contributed by atoms with van der Waals surface area (Å²) in [5.74, 6) is -0.554. The van der Waals surface area contributed by atoms with E-state index in [1.54, 1.807) is 6.07 Å². The van der Waals surface area contributed by atoms with Crippen LogP contribution in [0.2, 0.25) is 0 Å². The molecule has 1 saturated heterocycles. The van der Waals surface area contributed by atoms with E-state index in [0.717, 1.165) is 71.2 Å². The van der Waals surface area contributed by atoms with Crippen LogP contribution in [0.25, 0.3) is 0 Å². The van der Waals surface area contributed by atoms with E-state index in [0.29, 0.717) is 30.0 Å². The maximum Gasteiger partial charge on any atom is 0.334 e. The second-order valence-electron chi connectivity index (χ2n) is 9.38. The number of rotatable bonds is 7. The molecule has 4 rings (SSSR count). The SMILES string of the molecule is NC(=O)C1(OC(=O)C2=CCCC2)CCC(CCN2CCN(c3ccccc3F)CC2)CC1. The molecule has 0 radical (unpaired) electrons. The third kappa shape index (κ3) is 5.14. The van der Waals surface area contributed by atoms with Crippen LogP contribution in [0.4, 0.5) is 10.1 Å². The molecule has 7 heteroatoms. The molecular formula is C25H34FN3O3. The zero-order valence-electron chi connectivity index (χ0n) is 18.7. The summed E-state index contributed by atoms with van der Waals surface area (Å²) in [6, 6.07) is 6.95. The Balaban J connectivity index is 1.22. The Bertz CT molecular complexity index is 856. The second-order valence-corrected chi connectivity index (χ2v) is 9.38. The zero-order valence-corrected chi connectivity index (χ0v) is 18.7. The van der Waals surface area contributed by atoms with Crippen molar-refractivity contribution in [3.63, 3.8) is 0 Å². The average molecular weight is 444 g/mol. The van der Waals surface area contributed by atoms with Crippen LogP contribution in [0.15, 0.2) is 35.9 Å². The number of para-hydroxylation sites is 1. The van der Waals surface area contributed by atoms with E-state index in [9.17, 15) is 14.0 Å². The number of piperazine rings is 1. The van der Waals surface area contributed by atoms with Crippen molar-refractivity contribution in [3.8, 4) is 0 Å². The molecule has 0 spiro atoms. The van der Waals surface area contributed by atoms with Crippen molar-refractivity contribution in [2.24, 2.45) is 11.7 Å². The molecule has 2 aliphatic carbocycles. The molecule has 0 atom stereocenters. The Kier molecular flexibility index (Phi) is 7.13. The third-order valence-electron chi connectivity index (χ3n) is 7.37. The highest BCUT2D eigenvalue weighted by Crippen LogP contribution is 2.37. The lowest BCUT2D eigenvalue weighted by molar-refractivity contribution is -0.168. The summed E-state index contributed by atoms with van der Waals surface area (Å²) in [6.45, 7) is 4.47. The summed E-state index contributed by atoms with van der Waals surface area (Å²) >= 11 is 0. The molecule has 6 nitrogen and oxygen atoms in total. The Morgan fingerprint density at radius 3 is 2.47 bits per heavy atom. The number of primary amides is 1. The molecule has 1 aromatic rings. The van der Waals surface area contributed by atoms with E-state index in [2.05, 4.69) is 9.80 Å². The number of amides is 1. The van der Waals surface area contributed by atoms with Crippen LogP contribution in [0.5, 0.6) is 0 Å². The fraction of sp³-hybridized carbons (Fsp3) is 0.600. The normalized spacial score (nSPS) is 26.6. The Morgan fingerprint density at radius 2 is 1.84 bits per heavy atom. The predicted octanol–water partition coefficient (Wildman–Crippen LogP) is 3.41. The van der Waals surface area contributed by atoms with Crippen molar-refractivity contribution in [3.05, 3.63) is 41.7 Å². The van der Waals surface area contributed by atoms with Crippen LogP contribution >= 0.6 is 0 Å². The molecule has 2 N–H and O–H groups in total. The van der Waals surface area contributed by atoms with Crippen molar-refractivity contribution < 1.29 is 18.7 Å². The van der Waals surface area contributed by atoms with E-state index >= 15 is 0 Å². The van der Waals surface area contributed by atoms with Crippen molar-refractivity contribution >= 4 is 17.6 Å². The van der Waals surface area contributed by atoms with Gasteiger partial charge in [-0.1, -0.05) is 18.2 Å². The van der Waals surface area contributed by atoms with Crippen LogP contribution in [0, 0.1) is 11.7 Å². The van der Waals surface area contributed by atoms with E-state index in [-0.39, 0.29) is 11.8 Å². The topological polar surface area (TPSA) is 75.9 Å². The van der Waals surface area contributed by atoms with Gasteiger partial charge < -0.3 is 15.4 Å². The summed E-state index contributed by atoms with van der Waals surface area (Å²) in [4.78, 5) is 29.2. The van der Waals surface area contributed by atoms with Gasteiger partial charge in [0.25, 0.3) is 5.91 Å². The number of hydrogen-bond acceptors (Lipinski definition) is 5. The number of halogens is 1. The van der Waals surface area contributed by atoms with Gasteiger partial charge >= 0.3 is 5.97 Å². The maximum absolute atomic E-state index is 14.0. The highest BCUT2D eigenvalue weighted by molar-refractivity contribution is 5.93. The lowest BCUT2D eigenvalue weighted by atomic mass is 9.77. The first-order valence-electron chi connectivity index (χ1n) is 11.9. The minimum atomic E-state index is -1.15. The minimum Gasteiger partial charge on any atom is -0.446 e. The van der Waals surface area contributed by atoms with Crippen molar-refractivity contribution in [2.75, 3.05) is 37.6 Å². The Labute approximate surface area is 189 Å². The minimum absolute atomic E-state index is 0.161. The van der Waals surface area contributed by atoms with Crippen LogP contribution in [0.1, 0.15) is 51.4 Å². The number of ether oxygens (including phenoxy) is 1. The van der Waals surface area contributed by atoms with Gasteiger partial charge in [0.05, 0.1) is 5.69 Å². The standard InChI is InChI=1S/C25H34FN3O3/c26-21-7-3-4-8-22(21)29-17-15-28(16-18-29)14-11-19-9-12-25(13-10-19,24(27)31)32-23(30)20-5-1-2-6-20/h3-5,7-8,19H,1-2,6,9-18H2,(H2,27,31). The van der Waals surface area contributed by atoms with Crippen LogP contribution < -0.4 is 10.6 Å². The summed E-state index contributed by atoms with van der Waals surface area (Å²) < 4.78 is 19.7. The summed E-state index contributed by atoms with van der Waals surface area (Å²) in [5.41, 5.74) is 5.90. The van der Waals surface area contributed by atoms with E-state index in [1.165, 1.54) is 6.07 Å². The maximum atomic E-state index is 14.0. The van der Waals surface area contributed by atoms with Gasteiger partial charge in [-0.15, -0.1) is 0 Å². The molecule has 0 aromatic heterocycles. The number of esters is 1. The van der Waals surface area contributed by atoms with E-state index in [4.69, 9.17) is 10.5 Å². The molecule has 32 heavy (non-hydrogen) atoms. The molecular weight excluding hydrogens is 409 g/mol. The molecule has 1 aliphatic heterocycles. The monoisotopic (exact) mass is 443 g/mol. The van der Waals surface area contributed by atoms with Gasteiger partial charge in [0.15, 0.2) is 5.60 Å². The Hall–Kier alpha value is -2.41. The van der Waals surface area contributed by atoms with Gasteiger partial charge in [-0.25, -0.2) is 9.18 Å². The molecule has 174 valence electrons. The number of nitrogens with zero attached hydrogens (tertiary/aromatic N) is 2. The predicted molar refractivity (Wildman–Crippen MR) is 122 cm³/mol. The van der Waals surface area contributed by atoms with Gasteiger partial charge in [0, 0.05) is 31.8 Å². The van der Waals surface area contributed by atoms with Gasteiger partial charge in [-0.05, 0) is 76.0 Å². The second kappa shape index (κ2) is 10.0. The largest absolute Gasteiger partial charge is 0.446 e. The molecule has 1 aromatic carbocycles. The van der Waals surface area contributed by atoms with Crippen molar-refractivity contribution in [1.29, 1.82) is 0 Å². The number of hydrogen-bond donors (Lipinski definition) is 1. The number of allylic oxidation sites excluding steroid dienone is 1. The van der Waals surface area contributed by atoms with Gasteiger partial charge in [-0.2, -0.15) is 0 Å². The third-order valence-corrected chi connectivity index (χ3v) is 7.37. The van der Waals surface area contributed by atoms with Crippen LogP contribution in [-0.4, -0.2) is 55.1 Å². The summed E-state index contributed by atoms with van der Waals surface area (Å²) in [6.07, 6.45) is 8.23. The lowest BCUT2D eigenvalue weighted by Crippen LogP contribution is -2.50. The fourth-order valence-corrected chi connectivity index (χ4v) is 5.22. The molecule has 3 aliphatic rings. The number of carbonyl (C=O) groups excluding carboxylic acids is 2. The first-order valence-corrected chi connectivity index (χ1v) is 11.9. The molecule has 2 fully saturated rings. The molecule has 1 saturated carbocycles. The van der Waals surface area contributed by atoms with E-state index < -0.39 is 11.5 Å². The number of anilines is 1. The molecule has 0 unspecified atom stereocenters. The Morgan fingerprint density at radius 1 is 1.12 bits per heavy atom. The van der Waals surface area contributed by atoms with Gasteiger partial charge in [-0.3, -0.25) is 9.69 Å². The fourth-order valence-electron chi connectivity index (χ4n) is 5.22. The molecule has 1 heterocycles. The quantitative estimate of drug-likeness (QED) is 0.654. The molecule has 1 amide bonds. The summed E-state index contributed by atoms with van der Waals surface area (Å²) in [5, 5.41) is 0. The first kappa shape index (κ1) is 22.8. The zero-order chi connectivity index (χ0) is 22.6. The van der Waals surface area contributed by atoms with Gasteiger partial charge in [0.1, 0.15) is 5.82 Å². The van der Waals surface area contributed by atoms with Gasteiger partial charge in [0.2, 0.25) is 0 Å². The highest BCUT2D eigenvalue weighted by atomic mass is 19.1. The number of carbonyl (C=O) groups is 2. The van der Waals surface area contributed by atoms with Crippen LogP contribution in [0.3, 0.4) is 0 Å². The van der Waals surface area contributed by atoms with E-state index in [1.807, 2.05) is 18.2 Å². The van der Waals surface area contributed by atoms with Crippen molar-refractivity contribution in [1.82, 2.24) is 4.90 Å². The smallest absolute Gasteiger partial charge is 0.334 e. The first-order chi connectivity index (χ1) is 15.5.